The average Bonchev–Trinajstić information content (AvgIpc) is 2.39. The molecule has 1 N–H and O–H groups in total. The first-order valence-corrected chi connectivity index (χ1v) is 6.57. The molecule has 0 atom stereocenters. The number of rotatable bonds is 2. The highest BCUT2D eigenvalue weighted by Crippen LogP contribution is 2.14. The Morgan fingerprint density at radius 3 is 2.53 bits per heavy atom. The molecule has 1 aromatic heterocycles. The van der Waals surface area contributed by atoms with E-state index in [1.165, 1.54) is 0 Å². The number of piperidine rings is 1. The molecule has 1 fully saturated rings. The van der Waals surface area contributed by atoms with E-state index in [1.54, 1.807) is 12.3 Å². The Balaban J connectivity index is 0.00000162. The number of nitrogens with zero attached hydrogens (tertiary/aromatic N) is 2. The Hall–Kier alpha value is -0.360. The van der Waals surface area contributed by atoms with Crippen molar-refractivity contribution in [1.29, 1.82) is 0 Å². The minimum Gasteiger partial charge on any atom is -0.337 e. The van der Waals surface area contributed by atoms with Crippen molar-refractivity contribution in [3.05, 3.63) is 28.5 Å². The lowest BCUT2D eigenvalue weighted by molar-refractivity contribution is 0.0697. The molecule has 2 rings (SSSR count). The van der Waals surface area contributed by atoms with Crippen LogP contribution in [0.25, 0.3) is 0 Å². The van der Waals surface area contributed by atoms with Gasteiger partial charge in [-0.05, 0) is 54.0 Å². The standard InChI is InChI=1S/C12H16BrN3O.2ClH/c1-16(10-4-6-14-7-5-10)12(17)11-3-2-9(13)8-15-11;;/h2-3,8,10,14H,4-7H2,1H3;2*1H. The van der Waals surface area contributed by atoms with Crippen LogP contribution in [0.4, 0.5) is 0 Å². The molecule has 108 valence electrons. The molecule has 1 aliphatic heterocycles. The van der Waals surface area contributed by atoms with Gasteiger partial charge in [0, 0.05) is 23.8 Å². The van der Waals surface area contributed by atoms with E-state index < -0.39 is 0 Å². The summed E-state index contributed by atoms with van der Waals surface area (Å²) in [7, 11) is 1.86. The molecule has 1 aromatic rings. The van der Waals surface area contributed by atoms with Crippen LogP contribution in [0.15, 0.2) is 22.8 Å². The van der Waals surface area contributed by atoms with Crippen LogP contribution in [0, 0.1) is 0 Å². The number of pyridine rings is 1. The van der Waals surface area contributed by atoms with Crippen LogP contribution in [0.3, 0.4) is 0 Å². The highest BCUT2D eigenvalue weighted by molar-refractivity contribution is 9.10. The van der Waals surface area contributed by atoms with Crippen LogP contribution in [0.2, 0.25) is 0 Å². The van der Waals surface area contributed by atoms with Gasteiger partial charge in [0.05, 0.1) is 0 Å². The zero-order valence-electron chi connectivity index (χ0n) is 10.6. The zero-order valence-corrected chi connectivity index (χ0v) is 13.9. The Morgan fingerprint density at radius 1 is 1.37 bits per heavy atom. The highest BCUT2D eigenvalue weighted by atomic mass is 79.9. The van der Waals surface area contributed by atoms with E-state index in [4.69, 9.17) is 0 Å². The maximum Gasteiger partial charge on any atom is 0.272 e. The maximum absolute atomic E-state index is 12.2. The van der Waals surface area contributed by atoms with Gasteiger partial charge < -0.3 is 10.2 Å². The van der Waals surface area contributed by atoms with Crippen molar-refractivity contribution in [1.82, 2.24) is 15.2 Å². The van der Waals surface area contributed by atoms with Gasteiger partial charge in [-0.25, -0.2) is 4.98 Å². The largest absolute Gasteiger partial charge is 0.337 e. The first-order valence-electron chi connectivity index (χ1n) is 5.78. The summed E-state index contributed by atoms with van der Waals surface area (Å²) in [5.74, 6) is 0.00407. The number of nitrogens with one attached hydrogen (secondary N) is 1. The van der Waals surface area contributed by atoms with Crippen LogP contribution in [-0.2, 0) is 0 Å². The molecule has 2 heterocycles. The molecular weight excluding hydrogens is 353 g/mol. The Morgan fingerprint density at radius 2 is 2.00 bits per heavy atom. The Bertz CT molecular complexity index is 396. The number of hydrogen-bond donors (Lipinski definition) is 1. The number of hydrogen-bond acceptors (Lipinski definition) is 3. The fourth-order valence-electron chi connectivity index (χ4n) is 2.04. The zero-order chi connectivity index (χ0) is 12.3. The number of aromatic nitrogens is 1. The third kappa shape index (κ3) is 4.91. The van der Waals surface area contributed by atoms with Gasteiger partial charge in [0.1, 0.15) is 5.69 Å². The highest BCUT2D eigenvalue weighted by Gasteiger charge is 2.23. The molecule has 0 aliphatic carbocycles. The minimum atomic E-state index is 0. The lowest BCUT2D eigenvalue weighted by Gasteiger charge is -2.31. The van der Waals surface area contributed by atoms with Gasteiger partial charge >= 0.3 is 0 Å². The summed E-state index contributed by atoms with van der Waals surface area (Å²) in [6.45, 7) is 1.96. The topological polar surface area (TPSA) is 45.2 Å². The van der Waals surface area contributed by atoms with Gasteiger partial charge in [-0.3, -0.25) is 4.79 Å². The summed E-state index contributed by atoms with van der Waals surface area (Å²) in [6.07, 6.45) is 3.68. The number of carbonyl (C=O) groups is 1. The summed E-state index contributed by atoms with van der Waals surface area (Å²) in [6, 6.07) is 3.93. The Kier molecular flexibility index (Phi) is 8.57. The van der Waals surface area contributed by atoms with Crippen LogP contribution in [0.1, 0.15) is 23.3 Å². The molecule has 0 spiro atoms. The average molecular weight is 371 g/mol. The molecule has 4 nitrogen and oxygen atoms in total. The van der Waals surface area contributed by atoms with Crippen molar-refractivity contribution in [3.63, 3.8) is 0 Å². The second-order valence-corrected chi connectivity index (χ2v) is 5.17. The monoisotopic (exact) mass is 369 g/mol. The van der Waals surface area contributed by atoms with Crippen molar-refractivity contribution in [2.24, 2.45) is 0 Å². The van der Waals surface area contributed by atoms with E-state index in [0.717, 1.165) is 30.4 Å². The first kappa shape index (κ1) is 18.6. The van der Waals surface area contributed by atoms with Crippen molar-refractivity contribution >= 4 is 46.7 Å². The summed E-state index contributed by atoms with van der Waals surface area (Å²) in [4.78, 5) is 18.1. The SMILES string of the molecule is CN(C(=O)c1ccc(Br)cn1)C1CCNCC1.Cl.Cl. The van der Waals surface area contributed by atoms with E-state index in [-0.39, 0.29) is 30.7 Å². The fraction of sp³-hybridized carbons (Fsp3) is 0.500. The molecule has 0 bridgehead atoms. The second-order valence-electron chi connectivity index (χ2n) is 4.26. The minimum absolute atomic E-state index is 0. The van der Waals surface area contributed by atoms with E-state index in [9.17, 15) is 4.79 Å². The van der Waals surface area contributed by atoms with E-state index in [0.29, 0.717) is 11.7 Å². The summed E-state index contributed by atoms with van der Waals surface area (Å²) < 4.78 is 0.888. The van der Waals surface area contributed by atoms with E-state index in [1.807, 2.05) is 18.0 Å². The molecule has 0 saturated carbocycles. The van der Waals surface area contributed by atoms with Crippen LogP contribution >= 0.6 is 40.7 Å². The van der Waals surface area contributed by atoms with E-state index in [2.05, 4.69) is 26.2 Å². The fourth-order valence-corrected chi connectivity index (χ4v) is 2.28. The van der Waals surface area contributed by atoms with Gasteiger partial charge in [0.15, 0.2) is 0 Å². The van der Waals surface area contributed by atoms with Gasteiger partial charge in [0.2, 0.25) is 0 Å². The Labute approximate surface area is 134 Å². The number of carbonyl (C=O) groups excluding carboxylic acids is 1. The van der Waals surface area contributed by atoms with Crippen molar-refractivity contribution in [2.45, 2.75) is 18.9 Å². The first-order chi connectivity index (χ1) is 8.18. The molecule has 1 aliphatic rings. The third-order valence-electron chi connectivity index (χ3n) is 3.12. The van der Waals surface area contributed by atoms with Gasteiger partial charge in [-0.1, -0.05) is 0 Å². The smallest absolute Gasteiger partial charge is 0.272 e. The summed E-state index contributed by atoms with van der Waals surface area (Å²) in [5, 5.41) is 3.30. The molecule has 7 heteroatoms. The van der Waals surface area contributed by atoms with Crippen molar-refractivity contribution < 1.29 is 4.79 Å². The van der Waals surface area contributed by atoms with Crippen molar-refractivity contribution in [3.8, 4) is 0 Å². The van der Waals surface area contributed by atoms with Crippen LogP contribution < -0.4 is 5.32 Å². The summed E-state index contributed by atoms with van der Waals surface area (Å²) >= 11 is 3.31. The molecule has 0 radical (unpaired) electrons. The van der Waals surface area contributed by atoms with Crippen molar-refractivity contribution in [2.75, 3.05) is 20.1 Å². The summed E-state index contributed by atoms with van der Waals surface area (Å²) in [5.41, 5.74) is 0.509. The molecule has 0 unspecified atom stereocenters. The maximum atomic E-state index is 12.2. The number of halogens is 3. The molecule has 1 amide bonds. The predicted molar refractivity (Wildman–Crippen MR) is 84.4 cm³/mol. The van der Waals surface area contributed by atoms with Gasteiger partial charge in [-0.2, -0.15) is 0 Å². The third-order valence-corrected chi connectivity index (χ3v) is 3.59. The molecular formula is C12H18BrCl2N3O. The molecule has 19 heavy (non-hydrogen) atoms. The number of amides is 1. The lowest BCUT2D eigenvalue weighted by atomic mass is 10.1. The van der Waals surface area contributed by atoms with Gasteiger partial charge in [-0.15, -0.1) is 24.8 Å². The lowest BCUT2D eigenvalue weighted by Crippen LogP contribution is -2.44. The molecule has 0 aromatic carbocycles. The molecule has 1 saturated heterocycles. The quantitative estimate of drug-likeness (QED) is 0.869. The van der Waals surface area contributed by atoms with Crippen LogP contribution in [-0.4, -0.2) is 42.0 Å². The second kappa shape index (κ2) is 8.74. The normalized spacial score (nSPS) is 15.1. The van der Waals surface area contributed by atoms with E-state index >= 15 is 0 Å². The van der Waals surface area contributed by atoms with Crippen LogP contribution in [0.5, 0.6) is 0 Å². The van der Waals surface area contributed by atoms with Gasteiger partial charge in [0.25, 0.3) is 5.91 Å². The predicted octanol–water partition coefficient (Wildman–Crippen LogP) is 2.51.